The summed E-state index contributed by atoms with van der Waals surface area (Å²) in [5.74, 6) is 1.95. The van der Waals surface area contributed by atoms with Crippen molar-refractivity contribution in [1.29, 1.82) is 0 Å². The number of aromatic nitrogens is 2. The van der Waals surface area contributed by atoms with Crippen molar-refractivity contribution in [1.82, 2.24) is 9.55 Å². The lowest BCUT2D eigenvalue weighted by Crippen LogP contribution is -2.13. The second kappa shape index (κ2) is 8.44. The van der Waals surface area contributed by atoms with E-state index in [4.69, 9.17) is 9.72 Å². The Kier molecular flexibility index (Phi) is 5.58. The van der Waals surface area contributed by atoms with Gasteiger partial charge < -0.3 is 9.30 Å². The van der Waals surface area contributed by atoms with Gasteiger partial charge in [0.25, 0.3) is 0 Å². The van der Waals surface area contributed by atoms with Crippen LogP contribution >= 0.6 is 15.9 Å². The van der Waals surface area contributed by atoms with Crippen LogP contribution in [-0.2, 0) is 6.54 Å². The van der Waals surface area contributed by atoms with Crippen LogP contribution in [0.5, 0.6) is 5.75 Å². The Balaban J connectivity index is 1.78. The number of hydrogen-bond donors (Lipinski definition) is 0. The molecule has 140 valence electrons. The molecule has 0 amide bonds. The fourth-order valence-corrected chi connectivity index (χ4v) is 3.96. The minimum atomic E-state index is 0.0653. The van der Waals surface area contributed by atoms with Gasteiger partial charge in [-0.2, -0.15) is 0 Å². The zero-order chi connectivity index (χ0) is 19.3. The number of nitrogens with zero attached hydrogens (tertiary/aromatic N) is 2. The molecular weight excluding hydrogens is 412 g/mol. The first-order chi connectivity index (χ1) is 13.8. The molecule has 28 heavy (non-hydrogen) atoms. The van der Waals surface area contributed by atoms with Crippen LogP contribution < -0.4 is 4.74 Å². The molecule has 0 N–H and O–H groups in total. The molecule has 3 aromatic carbocycles. The highest BCUT2D eigenvalue weighted by Crippen LogP contribution is 2.32. The van der Waals surface area contributed by atoms with E-state index in [9.17, 15) is 0 Å². The molecule has 0 aliphatic heterocycles. The Morgan fingerprint density at radius 2 is 1.57 bits per heavy atom. The third kappa shape index (κ3) is 3.87. The van der Waals surface area contributed by atoms with Gasteiger partial charge in [0.1, 0.15) is 11.6 Å². The number of ether oxygens (including phenoxy) is 1. The van der Waals surface area contributed by atoms with Crippen LogP contribution in [-0.4, -0.2) is 16.7 Å². The summed E-state index contributed by atoms with van der Waals surface area (Å²) in [6.07, 6.45) is 3.91. The minimum Gasteiger partial charge on any atom is -0.496 e. The molecule has 4 heteroatoms. The van der Waals surface area contributed by atoms with Crippen molar-refractivity contribution in [2.75, 3.05) is 7.11 Å². The Hall–Kier alpha value is -2.85. The minimum absolute atomic E-state index is 0.0653. The van der Waals surface area contributed by atoms with Gasteiger partial charge in [-0.25, -0.2) is 4.98 Å². The number of rotatable bonds is 6. The topological polar surface area (TPSA) is 27.1 Å². The fraction of sp³-hybridized carbons (Fsp3) is 0.125. The third-order valence-corrected chi connectivity index (χ3v) is 5.35. The first kappa shape index (κ1) is 18.5. The van der Waals surface area contributed by atoms with E-state index in [1.54, 1.807) is 7.11 Å². The maximum Gasteiger partial charge on any atom is 0.123 e. The van der Waals surface area contributed by atoms with Crippen LogP contribution in [0.2, 0.25) is 0 Å². The molecule has 0 fully saturated rings. The summed E-state index contributed by atoms with van der Waals surface area (Å²) >= 11 is 3.57. The monoisotopic (exact) mass is 432 g/mol. The van der Waals surface area contributed by atoms with E-state index in [2.05, 4.69) is 75.1 Å². The number of benzene rings is 3. The summed E-state index contributed by atoms with van der Waals surface area (Å²) < 4.78 is 8.80. The lowest BCUT2D eigenvalue weighted by molar-refractivity contribution is 0.408. The predicted molar refractivity (Wildman–Crippen MR) is 116 cm³/mol. The first-order valence-corrected chi connectivity index (χ1v) is 9.99. The third-order valence-electron chi connectivity index (χ3n) is 4.85. The molecule has 4 aromatic rings. The standard InChI is InChI=1S/C24H21BrN2O/c1-28-22-13-12-21(25)16-20(22)17-27-15-14-26-24(27)23(18-8-4-2-5-9-18)19-10-6-3-7-11-19/h2-16,23H,17H2,1H3. The van der Waals surface area contributed by atoms with Crippen LogP contribution in [0.25, 0.3) is 0 Å². The van der Waals surface area contributed by atoms with Crippen molar-refractivity contribution in [3.63, 3.8) is 0 Å². The van der Waals surface area contributed by atoms with Crippen LogP contribution in [0, 0.1) is 0 Å². The van der Waals surface area contributed by atoms with Crippen molar-refractivity contribution >= 4 is 15.9 Å². The number of hydrogen-bond acceptors (Lipinski definition) is 2. The van der Waals surface area contributed by atoms with Crippen molar-refractivity contribution in [2.45, 2.75) is 12.5 Å². The van der Waals surface area contributed by atoms with Gasteiger partial charge in [-0.1, -0.05) is 76.6 Å². The van der Waals surface area contributed by atoms with Crippen molar-refractivity contribution < 1.29 is 4.74 Å². The Labute approximate surface area is 173 Å². The molecule has 1 heterocycles. The van der Waals surface area contributed by atoms with Crippen molar-refractivity contribution in [3.8, 4) is 5.75 Å². The highest BCUT2D eigenvalue weighted by molar-refractivity contribution is 9.10. The summed E-state index contributed by atoms with van der Waals surface area (Å²) in [5, 5.41) is 0. The smallest absolute Gasteiger partial charge is 0.123 e. The normalized spacial score (nSPS) is 11.0. The summed E-state index contributed by atoms with van der Waals surface area (Å²) in [4.78, 5) is 4.75. The van der Waals surface area contributed by atoms with E-state index in [0.717, 1.165) is 21.6 Å². The predicted octanol–water partition coefficient (Wildman–Crippen LogP) is 5.88. The maximum absolute atomic E-state index is 5.56. The quantitative estimate of drug-likeness (QED) is 0.380. The van der Waals surface area contributed by atoms with Gasteiger partial charge in [0.2, 0.25) is 0 Å². The summed E-state index contributed by atoms with van der Waals surface area (Å²) in [6, 6.07) is 27.1. The van der Waals surface area contributed by atoms with Gasteiger partial charge in [0, 0.05) is 22.4 Å². The largest absolute Gasteiger partial charge is 0.496 e. The molecule has 1 aromatic heterocycles. The van der Waals surface area contributed by atoms with E-state index in [0.29, 0.717) is 6.54 Å². The highest BCUT2D eigenvalue weighted by atomic mass is 79.9. The van der Waals surface area contributed by atoms with E-state index in [1.807, 2.05) is 36.7 Å². The molecule has 0 unspecified atom stereocenters. The van der Waals surface area contributed by atoms with Gasteiger partial charge in [-0.05, 0) is 29.3 Å². The maximum atomic E-state index is 5.56. The van der Waals surface area contributed by atoms with Gasteiger partial charge in [0.05, 0.1) is 19.6 Å². The van der Waals surface area contributed by atoms with Gasteiger partial charge >= 0.3 is 0 Å². The summed E-state index contributed by atoms with van der Waals surface area (Å²) in [6.45, 7) is 0.689. The molecule has 0 aliphatic carbocycles. The lowest BCUT2D eigenvalue weighted by Gasteiger charge is -2.20. The van der Waals surface area contributed by atoms with Crippen LogP contribution in [0.15, 0.2) is 95.7 Å². The molecule has 0 spiro atoms. The van der Waals surface area contributed by atoms with Crippen LogP contribution in [0.4, 0.5) is 0 Å². The molecule has 0 saturated carbocycles. The van der Waals surface area contributed by atoms with Crippen molar-refractivity contribution in [2.24, 2.45) is 0 Å². The number of imidazole rings is 1. The lowest BCUT2D eigenvalue weighted by atomic mass is 9.90. The van der Waals surface area contributed by atoms with Crippen molar-refractivity contribution in [3.05, 3.63) is 118 Å². The first-order valence-electron chi connectivity index (χ1n) is 9.19. The molecule has 0 bridgehead atoms. The Morgan fingerprint density at radius 3 is 2.18 bits per heavy atom. The SMILES string of the molecule is COc1ccc(Br)cc1Cn1ccnc1C(c1ccccc1)c1ccccc1. The van der Waals surface area contributed by atoms with Crippen LogP contribution in [0.3, 0.4) is 0 Å². The second-order valence-electron chi connectivity index (χ2n) is 6.62. The molecule has 4 rings (SSSR count). The molecular formula is C24H21BrN2O. The average molecular weight is 433 g/mol. The van der Waals surface area contributed by atoms with E-state index in [1.165, 1.54) is 11.1 Å². The summed E-state index contributed by atoms with van der Waals surface area (Å²) in [7, 11) is 1.71. The number of methoxy groups -OCH3 is 1. The fourth-order valence-electron chi connectivity index (χ4n) is 3.55. The average Bonchev–Trinajstić information content (AvgIpc) is 3.18. The Bertz CT molecular complexity index is 1010. The highest BCUT2D eigenvalue weighted by Gasteiger charge is 2.21. The molecule has 0 atom stereocenters. The second-order valence-corrected chi connectivity index (χ2v) is 7.54. The van der Waals surface area contributed by atoms with Gasteiger partial charge in [0.15, 0.2) is 0 Å². The van der Waals surface area contributed by atoms with E-state index < -0.39 is 0 Å². The van der Waals surface area contributed by atoms with E-state index in [-0.39, 0.29) is 5.92 Å². The number of halogens is 1. The molecule has 3 nitrogen and oxygen atoms in total. The zero-order valence-corrected chi connectivity index (χ0v) is 17.2. The Morgan fingerprint density at radius 1 is 0.929 bits per heavy atom. The van der Waals surface area contributed by atoms with Gasteiger partial charge in [-0.15, -0.1) is 0 Å². The molecule has 0 saturated heterocycles. The van der Waals surface area contributed by atoms with E-state index >= 15 is 0 Å². The molecule has 0 radical (unpaired) electrons. The zero-order valence-electron chi connectivity index (χ0n) is 15.6. The molecule has 0 aliphatic rings. The summed E-state index contributed by atoms with van der Waals surface area (Å²) in [5.41, 5.74) is 3.56. The van der Waals surface area contributed by atoms with Gasteiger partial charge in [-0.3, -0.25) is 0 Å². The van der Waals surface area contributed by atoms with Crippen LogP contribution in [0.1, 0.15) is 28.4 Å².